The van der Waals surface area contributed by atoms with Crippen LogP contribution in [0.5, 0.6) is 0 Å². The lowest BCUT2D eigenvalue weighted by Gasteiger charge is -2.05. The lowest BCUT2D eigenvalue weighted by atomic mass is 10.3. The van der Waals surface area contributed by atoms with E-state index in [9.17, 15) is 8.42 Å². The second-order valence-electron chi connectivity index (χ2n) is 4.57. The maximum atomic E-state index is 12.1. The van der Waals surface area contributed by atoms with Crippen molar-refractivity contribution in [3.8, 4) is 0 Å². The molecule has 0 aliphatic heterocycles. The smallest absolute Gasteiger partial charge is 0.250 e. The quantitative estimate of drug-likeness (QED) is 0.646. The summed E-state index contributed by atoms with van der Waals surface area (Å²) in [6.45, 7) is 6.11. The minimum atomic E-state index is -3.41. The minimum absolute atomic E-state index is 0.310. The average molecular weight is 320 g/mol. The van der Waals surface area contributed by atoms with Crippen LogP contribution in [0.15, 0.2) is 10.3 Å². The van der Waals surface area contributed by atoms with E-state index in [1.807, 2.05) is 14.0 Å². The number of nitrogens with one attached hydrogen (secondary N) is 2. The van der Waals surface area contributed by atoms with E-state index in [4.69, 9.17) is 4.74 Å². The van der Waals surface area contributed by atoms with Crippen molar-refractivity contribution in [2.24, 2.45) is 0 Å². The van der Waals surface area contributed by atoms with E-state index in [0.29, 0.717) is 30.5 Å². The van der Waals surface area contributed by atoms with Crippen molar-refractivity contribution in [2.75, 3.05) is 26.8 Å². The number of unbranched alkanes of at least 4 members (excludes halogenated alkanes) is 1. The first kappa shape index (κ1) is 17.6. The van der Waals surface area contributed by atoms with Crippen molar-refractivity contribution < 1.29 is 13.2 Å². The Kier molecular flexibility index (Phi) is 7.68. The van der Waals surface area contributed by atoms with Gasteiger partial charge in [-0.1, -0.05) is 13.3 Å². The molecular weight excluding hydrogens is 296 g/mol. The second kappa shape index (κ2) is 8.74. The van der Waals surface area contributed by atoms with Gasteiger partial charge in [0.25, 0.3) is 0 Å². The Balaban J connectivity index is 2.49. The van der Waals surface area contributed by atoms with Gasteiger partial charge >= 0.3 is 0 Å². The van der Waals surface area contributed by atoms with Crippen molar-refractivity contribution in [1.29, 1.82) is 0 Å². The van der Waals surface area contributed by atoms with Crippen LogP contribution in [0.1, 0.15) is 30.2 Å². The van der Waals surface area contributed by atoms with E-state index in [1.165, 1.54) is 11.3 Å². The van der Waals surface area contributed by atoms with Crippen LogP contribution in [0.25, 0.3) is 0 Å². The van der Waals surface area contributed by atoms with Gasteiger partial charge < -0.3 is 10.1 Å². The summed E-state index contributed by atoms with van der Waals surface area (Å²) in [7, 11) is -1.57. The zero-order valence-corrected chi connectivity index (χ0v) is 14.0. The fraction of sp³-hybridized carbons (Fsp3) is 0.692. The maximum Gasteiger partial charge on any atom is 0.250 e. The summed E-state index contributed by atoms with van der Waals surface area (Å²) in [6, 6.07) is 1.72. The van der Waals surface area contributed by atoms with Crippen LogP contribution in [-0.2, 0) is 21.3 Å². The number of thiophene rings is 1. The van der Waals surface area contributed by atoms with Crippen LogP contribution in [0.4, 0.5) is 0 Å². The molecule has 0 saturated carbocycles. The monoisotopic (exact) mass is 320 g/mol. The van der Waals surface area contributed by atoms with Gasteiger partial charge in [-0.2, -0.15) is 0 Å². The van der Waals surface area contributed by atoms with Crippen LogP contribution in [0.2, 0.25) is 0 Å². The predicted octanol–water partition coefficient (Wildman–Crippen LogP) is 1.87. The first-order valence-electron chi connectivity index (χ1n) is 6.82. The summed E-state index contributed by atoms with van der Waals surface area (Å²) in [4.78, 5) is 1.05. The highest BCUT2D eigenvalue weighted by molar-refractivity contribution is 7.91. The van der Waals surface area contributed by atoms with Crippen LogP contribution >= 0.6 is 11.3 Å². The normalized spacial score (nSPS) is 11.9. The van der Waals surface area contributed by atoms with Gasteiger partial charge in [-0.25, -0.2) is 13.1 Å². The molecule has 1 aromatic heterocycles. The topological polar surface area (TPSA) is 67.4 Å². The molecule has 0 aromatic carbocycles. The summed E-state index contributed by atoms with van der Waals surface area (Å²) < 4.78 is 32.5. The second-order valence-corrected chi connectivity index (χ2v) is 7.70. The molecule has 0 aliphatic carbocycles. The highest BCUT2D eigenvalue weighted by Gasteiger charge is 2.18. The van der Waals surface area contributed by atoms with Crippen molar-refractivity contribution in [3.05, 3.63) is 16.5 Å². The molecule has 0 saturated heterocycles. The van der Waals surface area contributed by atoms with E-state index in [0.717, 1.165) is 23.3 Å². The van der Waals surface area contributed by atoms with Crippen molar-refractivity contribution in [2.45, 2.75) is 37.4 Å². The van der Waals surface area contributed by atoms with Crippen molar-refractivity contribution >= 4 is 21.4 Å². The maximum absolute atomic E-state index is 12.1. The summed E-state index contributed by atoms with van der Waals surface area (Å²) in [5.74, 6) is 0. The van der Waals surface area contributed by atoms with Crippen LogP contribution in [-0.4, -0.2) is 35.2 Å². The minimum Gasteiger partial charge on any atom is -0.380 e. The van der Waals surface area contributed by atoms with Crippen molar-refractivity contribution in [3.63, 3.8) is 0 Å². The number of ether oxygens (including phenoxy) is 1. The summed E-state index contributed by atoms with van der Waals surface area (Å²) in [5, 5.41) is 3.04. The third-order valence-corrected chi connectivity index (χ3v) is 5.95. The first-order chi connectivity index (χ1) is 9.51. The molecule has 2 N–H and O–H groups in total. The third kappa shape index (κ3) is 5.49. The lowest BCUT2D eigenvalue weighted by Crippen LogP contribution is -2.27. The standard InChI is InChI=1S/C13H24N2O3S2/c1-4-5-7-18-8-6-15-20(16,17)13-9-11(2)12(19-13)10-14-3/h9,14-15H,4-8,10H2,1-3H3. The molecule has 20 heavy (non-hydrogen) atoms. The SMILES string of the molecule is CCCCOCCNS(=O)(=O)c1cc(C)c(CNC)s1. The van der Waals surface area contributed by atoms with Crippen LogP contribution in [0, 0.1) is 6.92 Å². The number of hydrogen-bond donors (Lipinski definition) is 2. The summed E-state index contributed by atoms with van der Waals surface area (Å²) >= 11 is 1.31. The molecular formula is C13H24N2O3S2. The number of hydrogen-bond acceptors (Lipinski definition) is 5. The molecule has 0 aliphatic rings. The first-order valence-corrected chi connectivity index (χ1v) is 9.12. The molecule has 0 unspecified atom stereocenters. The Morgan fingerprint density at radius 1 is 1.35 bits per heavy atom. The van der Waals surface area contributed by atoms with E-state index in [1.54, 1.807) is 6.07 Å². The molecule has 1 heterocycles. The lowest BCUT2D eigenvalue weighted by molar-refractivity contribution is 0.136. The van der Waals surface area contributed by atoms with E-state index in [-0.39, 0.29) is 0 Å². The van der Waals surface area contributed by atoms with Crippen LogP contribution < -0.4 is 10.0 Å². The van der Waals surface area contributed by atoms with Crippen molar-refractivity contribution in [1.82, 2.24) is 10.0 Å². The summed E-state index contributed by atoms with van der Waals surface area (Å²) in [5.41, 5.74) is 1.00. The molecule has 1 rings (SSSR count). The molecule has 116 valence electrons. The zero-order valence-electron chi connectivity index (χ0n) is 12.4. The number of rotatable bonds is 10. The molecule has 5 nitrogen and oxygen atoms in total. The Hall–Kier alpha value is -0.470. The predicted molar refractivity (Wildman–Crippen MR) is 82.7 cm³/mol. The molecule has 1 aromatic rings. The summed E-state index contributed by atoms with van der Waals surface area (Å²) in [6.07, 6.45) is 2.08. The van der Waals surface area contributed by atoms with Gasteiger partial charge in [-0.15, -0.1) is 11.3 Å². The van der Waals surface area contributed by atoms with Gasteiger partial charge in [0.2, 0.25) is 10.0 Å². The molecule has 0 spiro atoms. The average Bonchev–Trinajstić information content (AvgIpc) is 2.77. The Labute approximate surface area is 125 Å². The Morgan fingerprint density at radius 2 is 2.10 bits per heavy atom. The number of aryl methyl sites for hydroxylation is 1. The van der Waals surface area contributed by atoms with Gasteiger partial charge in [0, 0.05) is 24.6 Å². The molecule has 0 fully saturated rings. The molecule has 0 atom stereocenters. The van der Waals surface area contributed by atoms with Gasteiger partial charge in [0.05, 0.1) is 6.61 Å². The fourth-order valence-electron chi connectivity index (χ4n) is 1.62. The highest BCUT2D eigenvalue weighted by Crippen LogP contribution is 2.25. The number of sulfonamides is 1. The van der Waals surface area contributed by atoms with E-state index < -0.39 is 10.0 Å². The molecule has 0 bridgehead atoms. The van der Waals surface area contributed by atoms with Gasteiger partial charge in [-0.05, 0) is 32.0 Å². The zero-order chi connectivity index (χ0) is 15.0. The van der Waals surface area contributed by atoms with E-state index in [2.05, 4.69) is 17.0 Å². The van der Waals surface area contributed by atoms with Gasteiger partial charge in [0.1, 0.15) is 4.21 Å². The third-order valence-electron chi connectivity index (χ3n) is 2.78. The van der Waals surface area contributed by atoms with Gasteiger partial charge in [0.15, 0.2) is 0 Å². The molecule has 0 radical (unpaired) electrons. The fourth-order valence-corrected chi connectivity index (χ4v) is 4.28. The Bertz CT molecular complexity index is 498. The van der Waals surface area contributed by atoms with Gasteiger partial charge in [-0.3, -0.25) is 0 Å². The Morgan fingerprint density at radius 3 is 2.75 bits per heavy atom. The molecule has 7 heteroatoms. The largest absolute Gasteiger partial charge is 0.380 e. The van der Waals surface area contributed by atoms with Crippen LogP contribution in [0.3, 0.4) is 0 Å². The van der Waals surface area contributed by atoms with E-state index >= 15 is 0 Å². The molecule has 0 amide bonds. The highest BCUT2D eigenvalue weighted by atomic mass is 32.2.